The Labute approximate surface area is 190 Å². The molecule has 1 fully saturated rings. The average Bonchev–Trinajstić information content (AvgIpc) is 3.01. The van der Waals surface area contributed by atoms with E-state index in [1.54, 1.807) is 34.6 Å². The number of hydrogen-bond acceptors (Lipinski definition) is 8. The van der Waals surface area contributed by atoms with Gasteiger partial charge in [0.05, 0.1) is 35.4 Å². The number of fused-ring (bicyclic) bond motifs is 1. The van der Waals surface area contributed by atoms with Gasteiger partial charge in [-0.2, -0.15) is 8.78 Å². The van der Waals surface area contributed by atoms with Gasteiger partial charge in [-0.05, 0) is 46.8 Å². The molecule has 0 saturated carbocycles. The van der Waals surface area contributed by atoms with Gasteiger partial charge in [0, 0.05) is 12.5 Å². The molecule has 2 heterocycles. The second kappa shape index (κ2) is 9.15. The smallest absolute Gasteiger partial charge is 0.387 e. The molecule has 0 spiro atoms. The zero-order valence-electron chi connectivity index (χ0n) is 19.1. The summed E-state index contributed by atoms with van der Waals surface area (Å²) in [5, 5.41) is -0.316. The summed E-state index contributed by atoms with van der Waals surface area (Å²) in [4.78, 5) is 18.9. The number of benzene rings is 1. The molecule has 1 aromatic carbocycles. The van der Waals surface area contributed by atoms with Crippen LogP contribution in [0.25, 0.3) is 11.0 Å². The number of alkyl halides is 2. The van der Waals surface area contributed by atoms with Crippen LogP contribution in [0, 0.1) is 0 Å². The van der Waals surface area contributed by atoms with E-state index in [4.69, 9.17) is 14.2 Å². The summed E-state index contributed by atoms with van der Waals surface area (Å²) in [7, 11) is -3.94. The zero-order valence-corrected chi connectivity index (χ0v) is 19.9. The van der Waals surface area contributed by atoms with E-state index in [1.165, 1.54) is 18.2 Å². The SMILES string of the molecule is CC(C)(C)OC(=O)C[C@H]1CC(CS(=O)(=O)c2nc3cc(OC(F)F)ccc3[nH]2)OC(C)(C)O1. The fourth-order valence-electron chi connectivity index (χ4n) is 3.63. The summed E-state index contributed by atoms with van der Waals surface area (Å²) in [5.41, 5.74) is -0.129. The average molecular weight is 491 g/mol. The largest absolute Gasteiger partial charge is 0.460 e. The maximum atomic E-state index is 13.0. The highest BCUT2D eigenvalue weighted by Crippen LogP contribution is 2.31. The summed E-state index contributed by atoms with van der Waals surface area (Å²) < 4.78 is 72.1. The van der Waals surface area contributed by atoms with Crippen molar-refractivity contribution < 1.29 is 40.9 Å². The van der Waals surface area contributed by atoms with Crippen molar-refractivity contribution in [2.24, 2.45) is 0 Å². The lowest BCUT2D eigenvalue weighted by Gasteiger charge is -2.40. The van der Waals surface area contributed by atoms with Gasteiger partial charge >= 0.3 is 12.6 Å². The standard InChI is InChI=1S/C21H28F2N2O7S/c1-20(2,3)32-17(26)10-13-8-14(31-21(4,5)30-13)11-33(27,28)19-24-15-7-6-12(29-18(22)23)9-16(15)25-19/h6-7,9,13-14,18H,8,10-11H2,1-5H3,(H,24,25)/t13-,14?/m1/s1. The lowest BCUT2D eigenvalue weighted by Crippen LogP contribution is -2.47. The molecule has 0 radical (unpaired) electrons. The lowest BCUT2D eigenvalue weighted by atomic mass is 10.1. The van der Waals surface area contributed by atoms with E-state index in [0.29, 0.717) is 5.52 Å². The van der Waals surface area contributed by atoms with E-state index in [0.717, 1.165) is 0 Å². The van der Waals surface area contributed by atoms with Crippen molar-refractivity contribution in [3.8, 4) is 5.75 Å². The molecule has 1 aromatic heterocycles. The van der Waals surface area contributed by atoms with E-state index in [-0.39, 0.29) is 29.3 Å². The van der Waals surface area contributed by atoms with Gasteiger partial charge in [-0.15, -0.1) is 0 Å². The Morgan fingerprint density at radius 3 is 2.58 bits per heavy atom. The molecule has 1 unspecified atom stereocenters. The monoisotopic (exact) mass is 490 g/mol. The molecule has 2 aromatic rings. The third-order valence-corrected chi connectivity index (χ3v) is 6.19. The number of halogens is 2. The van der Waals surface area contributed by atoms with Crippen LogP contribution in [0.4, 0.5) is 8.78 Å². The number of esters is 1. The fourth-order valence-corrected chi connectivity index (χ4v) is 4.98. The van der Waals surface area contributed by atoms with Gasteiger partial charge in [0.15, 0.2) is 5.79 Å². The number of H-pyrrole nitrogens is 1. The van der Waals surface area contributed by atoms with Crippen LogP contribution in [0.1, 0.15) is 47.5 Å². The van der Waals surface area contributed by atoms with Gasteiger partial charge in [0.25, 0.3) is 0 Å². The minimum atomic E-state index is -3.94. The Morgan fingerprint density at radius 2 is 1.94 bits per heavy atom. The number of sulfone groups is 1. The van der Waals surface area contributed by atoms with Crippen LogP contribution in [0.3, 0.4) is 0 Å². The Morgan fingerprint density at radius 1 is 1.27 bits per heavy atom. The van der Waals surface area contributed by atoms with Gasteiger partial charge in [-0.25, -0.2) is 13.4 Å². The molecule has 9 nitrogen and oxygen atoms in total. The molecule has 0 aliphatic carbocycles. The summed E-state index contributed by atoms with van der Waals surface area (Å²) in [5.74, 6) is -2.11. The van der Waals surface area contributed by atoms with Crippen LogP contribution in [-0.2, 0) is 28.8 Å². The predicted octanol–water partition coefficient (Wildman–Crippen LogP) is 3.58. The van der Waals surface area contributed by atoms with Crippen molar-refractivity contribution in [3.63, 3.8) is 0 Å². The summed E-state index contributed by atoms with van der Waals surface area (Å²) in [6, 6.07) is 3.92. The number of carbonyl (C=O) groups is 1. The van der Waals surface area contributed by atoms with Gasteiger partial charge in [0.1, 0.15) is 11.4 Å². The molecule has 1 aliphatic heterocycles. The van der Waals surface area contributed by atoms with Crippen LogP contribution in [-0.4, -0.2) is 60.3 Å². The molecule has 33 heavy (non-hydrogen) atoms. The predicted molar refractivity (Wildman–Crippen MR) is 114 cm³/mol. The van der Waals surface area contributed by atoms with E-state index in [9.17, 15) is 22.0 Å². The highest BCUT2D eigenvalue weighted by atomic mass is 32.2. The maximum Gasteiger partial charge on any atom is 0.387 e. The molecule has 1 N–H and O–H groups in total. The molecule has 184 valence electrons. The van der Waals surface area contributed by atoms with Crippen molar-refractivity contribution >= 4 is 26.8 Å². The minimum Gasteiger partial charge on any atom is -0.460 e. The number of imidazole rings is 1. The first kappa shape index (κ1) is 25.3. The van der Waals surface area contributed by atoms with E-state index in [1.807, 2.05) is 0 Å². The van der Waals surface area contributed by atoms with Crippen LogP contribution in [0.15, 0.2) is 23.4 Å². The molecular weight excluding hydrogens is 462 g/mol. The first-order valence-electron chi connectivity index (χ1n) is 10.4. The first-order valence-corrected chi connectivity index (χ1v) is 12.0. The normalized spacial score (nSPS) is 21.3. The Bertz CT molecular complexity index is 1110. The van der Waals surface area contributed by atoms with E-state index < -0.39 is 51.8 Å². The summed E-state index contributed by atoms with van der Waals surface area (Å²) in [6.07, 6.45) is -1.24. The molecular formula is C21H28F2N2O7S. The number of nitrogens with zero attached hydrogens (tertiary/aromatic N) is 1. The van der Waals surface area contributed by atoms with Crippen LogP contribution < -0.4 is 4.74 Å². The third-order valence-electron chi connectivity index (χ3n) is 4.60. The Balaban J connectivity index is 1.74. The lowest BCUT2D eigenvalue weighted by molar-refractivity contribution is -0.295. The first-order chi connectivity index (χ1) is 15.1. The number of aromatic nitrogens is 2. The molecule has 1 saturated heterocycles. The quantitative estimate of drug-likeness (QED) is 0.586. The van der Waals surface area contributed by atoms with Crippen molar-refractivity contribution in [3.05, 3.63) is 18.2 Å². The Hall–Kier alpha value is -2.31. The van der Waals surface area contributed by atoms with Crippen molar-refractivity contribution in [1.82, 2.24) is 9.97 Å². The molecule has 12 heteroatoms. The van der Waals surface area contributed by atoms with Crippen molar-refractivity contribution in [1.29, 1.82) is 0 Å². The van der Waals surface area contributed by atoms with Crippen molar-refractivity contribution in [2.75, 3.05) is 5.75 Å². The number of nitrogens with one attached hydrogen (secondary N) is 1. The second-order valence-electron chi connectivity index (χ2n) is 9.29. The highest BCUT2D eigenvalue weighted by Gasteiger charge is 2.39. The third kappa shape index (κ3) is 7.08. The zero-order chi connectivity index (χ0) is 24.6. The second-order valence-corrected chi connectivity index (χ2v) is 11.2. The molecule has 3 rings (SSSR count). The topological polar surface area (TPSA) is 117 Å². The van der Waals surface area contributed by atoms with Crippen LogP contribution in [0.2, 0.25) is 0 Å². The van der Waals surface area contributed by atoms with Crippen LogP contribution >= 0.6 is 0 Å². The van der Waals surface area contributed by atoms with Gasteiger partial charge in [-0.3, -0.25) is 4.79 Å². The van der Waals surface area contributed by atoms with Gasteiger partial charge in [-0.1, -0.05) is 0 Å². The minimum absolute atomic E-state index is 0.0435. The van der Waals surface area contributed by atoms with Gasteiger partial charge < -0.3 is 23.9 Å². The number of aromatic amines is 1. The summed E-state index contributed by atoms with van der Waals surface area (Å²) in [6.45, 7) is 5.53. The van der Waals surface area contributed by atoms with Gasteiger partial charge in [0.2, 0.25) is 15.0 Å². The highest BCUT2D eigenvalue weighted by molar-refractivity contribution is 7.91. The van der Waals surface area contributed by atoms with Crippen molar-refractivity contribution in [2.45, 2.75) is 82.8 Å². The number of ether oxygens (including phenoxy) is 4. The van der Waals surface area contributed by atoms with Crippen LogP contribution in [0.5, 0.6) is 5.75 Å². The number of hydrogen-bond donors (Lipinski definition) is 1. The molecule has 0 bridgehead atoms. The Kier molecular flexibility index (Phi) is 7.02. The maximum absolute atomic E-state index is 13.0. The van der Waals surface area contributed by atoms with E-state index >= 15 is 0 Å². The summed E-state index contributed by atoms with van der Waals surface area (Å²) >= 11 is 0. The van der Waals surface area contributed by atoms with E-state index in [2.05, 4.69) is 14.7 Å². The molecule has 0 amide bonds. The molecule has 2 atom stereocenters. The number of carbonyl (C=O) groups excluding carboxylic acids is 1. The number of rotatable bonds is 7. The molecule has 1 aliphatic rings. The fraction of sp³-hybridized carbons (Fsp3) is 0.619.